The number of carboxylic acid groups (broad SMARTS) is 1. The van der Waals surface area contributed by atoms with E-state index in [4.69, 9.17) is 9.90 Å². The maximum atomic E-state index is 10.6. The van der Waals surface area contributed by atoms with Gasteiger partial charge in [0.25, 0.3) is 0 Å². The fourth-order valence-corrected chi connectivity index (χ4v) is 3.30. The van der Waals surface area contributed by atoms with Crippen LogP contribution in [0.4, 0.5) is 19.1 Å². The first-order chi connectivity index (χ1) is 14.1. The molecule has 0 spiro atoms. The summed E-state index contributed by atoms with van der Waals surface area (Å²) in [6.45, 7) is 4.13. The predicted octanol–water partition coefficient (Wildman–Crippen LogP) is 3.11. The summed E-state index contributed by atoms with van der Waals surface area (Å²) < 4.78 is 33.6. The highest BCUT2D eigenvalue weighted by Gasteiger charge is 2.38. The normalized spacial score (nSPS) is 17.2. The zero-order chi connectivity index (χ0) is 22.3. The molecule has 0 radical (unpaired) electrons. The molecule has 0 bridgehead atoms. The van der Waals surface area contributed by atoms with Gasteiger partial charge in [0.2, 0.25) is 5.95 Å². The minimum Gasteiger partial charge on any atom is -0.475 e. The Kier molecular flexibility index (Phi) is 8.16. The van der Waals surface area contributed by atoms with Crippen molar-refractivity contribution in [2.24, 2.45) is 7.05 Å². The van der Waals surface area contributed by atoms with Gasteiger partial charge in [-0.3, -0.25) is 4.68 Å². The van der Waals surface area contributed by atoms with Gasteiger partial charge >= 0.3 is 12.1 Å². The van der Waals surface area contributed by atoms with Gasteiger partial charge in [-0.05, 0) is 45.8 Å². The number of alkyl halides is 3. The van der Waals surface area contributed by atoms with Crippen molar-refractivity contribution in [2.45, 2.75) is 44.8 Å². The second-order valence-electron chi connectivity index (χ2n) is 7.22. The van der Waals surface area contributed by atoms with Crippen LogP contribution in [0.3, 0.4) is 0 Å². The third-order valence-corrected chi connectivity index (χ3v) is 4.87. The molecule has 2 N–H and O–H groups in total. The van der Waals surface area contributed by atoms with Gasteiger partial charge in [-0.25, -0.2) is 14.8 Å². The summed E-state index contributed by atoms with van der Waals surface area (Å²) >= 11 is 0. The van der Waals surface area contributed by atoms with Gasteiger partial charge in [-0.2, -0.15) is 18.3 Å². The zero-order valence-electron chi connectivity index (χ0n) is 17.3. The van der Waals surface area contributed by atoms with Crippen molar-refractivity contribution >= 4 is 11.9 Å². The number of halogens is 3. The summed E-state index contributed by atoms with van der Waals surface area (Å²) in [5.74, 6) is -2.06. The first-order valence-electron chi connectivity index (χ1n) is 9.66. The lowest BCUT2D eigenvalue weighted by atomic mass is 10.0. The van der Waals surface area contributed by atoms with Crippen molar-refractivity contribution in [1.29, 1.82) is 0 Å². The number of piperidine rings is 1. The van der Waals surface area contributed by atoms with E-state index in [2.05, 4.69) is 32.3 Å². The molecule has 1 saturated heterocycles. The Morgan fingerprint density at radius 1 is 1.33 bits per heavy atom. The van der Waals surface area contributed by atoms with Gasteiger partial charge in [0.15, 0.2) is 0 Å². The molecule has 2 aromatic rings. The number of aromatic nitrogens is 4. The third kappa shape index (κ3) is 6.97. The number of rotatable bonds is 5. The SMILES string of the molecule is Cc1nn(C)cc1-c1ccnc(NCCC2CCCCN2C)n1.O=C(O)C(F)(F)F. The quantitative estimate of drug-likeness (QED) is 0.755. The summed E-state index contributed by atoms with van der Waals surface area (Å²) in [4.78, 5) is 20.3. The van der Waals surface area contributed by atoms with Crippen molar-refractivity contribution in [3.8, 4) is 11.3 Å². The number of hydrogen-bond acceptors (Lipinski definition) is 6. The van der Waals surface area contributed by atoms with Gasteiger partial charge in [-0.1, -0.05) is 6.42 Å². The largest absolute Gasteiger partial charge is 0.490 e. The van der Waals surface area contributed by atoms with E-state index < -0.39 is 12.1 Å². The van der Waals surface area contributed by atoms with Crippen molar-refractivity contribution < 1.29 is 23.1 Å². The molecule has 1 unspecified atom stereocenters. The summed E-state index contributed by atoms with van der Waals surface area (Å²) in [7, 11) is 4.16. The van der Waals surface area contributed by atoms with Crippen LogP contribution >= 0.6 is 0 Å². The van der Waals surface area contributed by atoms with Gasteiger partial charge in [-0.15, -0.1) is 0 Å². The van der Waals surface area contributed by atoms with Crippen LogP contribution in [0.15, 0.2) is 18.5 Å². The second kappa shape index (κ2) is 10.4. The molecule has 2 aromatic heterocycles. The van der Waals surface area contributed by atoms with Gasteiger partial charge in [0.1, 0.15) is 0 Å². The van der Waals surface area contributed by atoms with Crippen molar-refractivity contribution in [2.75, 3.05) is 25.5 Å². The first-order valence-corrected chi connectivity index (χ1v) is 9.66. The van der Waals surface area contributed by atoms with E-state index in [0.717, 1.165) is 29.9 Å². The van der Waals surface area contributed by atoms with Crippen molar-refractivity contribution in [1.82, 2.24) is 24.6 Å². The molecular formula is C19H27F3N6O2. The molecule has 1 fully saturated rings. The number of nitrogens with one attached hydrogen (secondary N) is 1. The van der Waals surface area contributed by atoms with Crippen LogP contribution in [0.1, 0.15) is 31.4 Å². The molecule has 1 aliphatic rings. The maximum Gasteiger partial charge on any atom is 0.490 e. The fraction of sp³-hybridized carbons (Fsp3) is 0.579. The molecule has 0 aromatic carbocycles. The number of hydrogen-bond donors (Lipinski definition) is 2. The molecular weight excluding hydrogens is 401 g/mol. The Morgan fingerprint density at radius 2 is 2.03 bits per heavy atom. The first kappa shape index (κ1) is 23.6. The maximum absolute atomic E-state index is 10.6. The van der Waals surface area contributed by atoms with Crippen LogP contribution in [0.5, 0.6) is 0 Å². The average Bonchev–Trinajstić information content (AvgIpc) is 3.01. The monoisotopic (exact) mass is 428 g/mol. The third-order valence-electron chi connectivity index (χ3n) is 4.87. The van der Waals surface area contributed by atoms with Gasteiger partial charge in [0.05, 0.1) is 11.4 Å². The summed E-state index contributed by atoms with van der Waals surface area (Å²) in [6.07, 6.45) is 3.84. The Balaban J connectivity index is 0.000000396. The lowest BCUT2D eigenvalue weighted by Crippen LogP contribution is -2.37. The molecule has 1 aliphatic heterocycles. The van der Waals surface area contributed by atoms with E-state index in [1.165, 1.54) is 25.8 Å². The van der Waals surface area contributed by atoms with E-state index in [1.807, 2.05) is 37.1 Å². The minimum atomic E-state index is -5.08. The number of anilines is 1. The Labute approximate surface area is 173 Å². The molecule has 1 atom stereocenters. The van der Waals surface area contributed by atoms with E-state index in [-0.39, 0.29) is 0 Å². The number of likely N-dealkylation sites (tertiary alicyclic amines) is 1. The smallest absolute Gasteiger partial charge is 0.475 e. The number of carboxylic acids is 1. The Morgan fingerprint density at radius 3 is 2.60 bits per heavy atom. The van der Waals surface area contributed by atoms with E-state index in [0.29, 0.717) is 12.0 Å². The van der Waals surface area contributed by atoms with E-state index in [1.54, 1.807) is 0 Å². The standard InChI is InChI=1S/C17H26N6.C2HF3O2/c1-13-15(12-23(3)21-13)16-8-10-19-17(20-16)18-9-7-14-6-4-5-11-22(14)2;3-2(4,5)1(6)7/h8,10,12,14H,4-7,9,11H2,1-3H3,(H,18,19,20);(H,6,7). The Bertz CT molecular complexity index is 840. The topological polar surface area (TPSA) is 96.2 Å². The van der Waals surface area contributed by atoms with Crippen molar-refractivity contribution in [3.63, 3.8) is 0 Å². The number of carbonyl (C=O) groups is 1. The Hall–Kier alpha value is -2.69. The highest BCUT2D eigenvalue weighted by Crippen LogP contribution is 2.21. The number of aliphatic carboxylic acids is 1. The summed E-state index contributed by atoms with van der Waals surface area (Å²) in [5, 5.41) is 14.9. The fourth-order valence-electron chi connectivity index (χ4n) is 3.30. The molecule has 166 valence electrons. The summed E-state index contributed by atoms with van der Waals surface area (Å²) in [6, 6.07) is 2.62. The molecule has 30 heavy (non-hydrogen) atoms. The van der Waals surface area contributed by atoms with Crippen LogP contribution in [0, 0.1) is 6.92 Å². The average molecular weight is 428 g/mol. The highest BCUT2D eigenvalue weighted by atomic mass is 19.4. The van der Waals surface area contributed by atoms with E-state index in [9.17, 15) is 13.2 Å². The summed E-state index contributed by atoms with van der Waals surface area (Å²) in [5.41, 5.74) is 2.97. The van der Waals surface area contributed by atoms with Crippen LogP contribution in [0.2, 0.25) is 0 Å². The lowest BCUT2D eigenvalue weighted by Gasteiger charge is -2.32. The van der Waals surface area contributed by atoms with Crippen LogP contribution in [-0.4, -0.2) is 68.1 Å². The number of nitrogens with zero attached hydrogens (tertiary/aromatic N) is 5. The molecule has 3 heterocycles. The molecule has 8 nitrogen and oxygen atoms in total. The molecule has 0 aliphatic carbocycles. The predicted molar refractivity (Wildman–Crippen MR) is 106 cm³/mol. The zero-order valence-corrected chi connectivity index (χ0v) is 17.3. The molecule has 11 heteroatoms. The highest BCUT2D eigenvalue weighted by molar-refractivity contribution is 5.73. The van der Waals surface area contributed by atoms with Gasteiger partial charge in [0, 0.05) is 37.6 Å². The van der Waals surface area contributed by atoms with Gasteiger partial charge < -0.3 is 15.3 Å². The van der Waals surface area contributed by atoms with E-state index >= 15 is 0 Å². The van der Waals surface area contributed by atoms with Crippen LogP contribution in [0.25, 0.3) is 11.3 Å². The molecule has 3 rings (SSSR count). The lowest BCUT2D eigenvalue weighted by molar-refractivity contribution is -0.192. The number of aryl methyl sites for hydroxylation is 2. The minimum absolute atomic E-state index is 0.681. The molecule has 0 amide bonds. The van der Waals surface area contributed by atoms with Crippen LogP contribution in [-0.2, 0) is 11.8 Å². The molecule has 0 saturated carbocycles. The second-order valence-corrected chi connectivity index (χ2v) is 7.22. The van der Waals surface area contributed by atoms with Crippen molar-refractivity contribution in [3.05, 3.63) is 24.2 Å². The van der Waals surface area contributed by atoms with Crippen LogP contribution < -0.4 is 5.32 Å².